The average molecular weight is 546 g/mol. The SMILES string of the molecule is CCCSc1ccc(-c2nn(-c3ccccc3)cc2C2C(C(=O)OCC)=C(C)NC(C)=C2C(=O)OCC)cc1. The molecule has 1 N–H and O–H groups in total. The molecule has 39 heavy (non-hydrogen) atoms. The van der Waals surface area contributed by atoms with Gasteiger partial charge in [-0.3, -0.25) is 0 Å². The Labute approximate surface area is 234 Å². The zero-order valence-electron chi connectivity index (χ0n) is 23.1. The molecule has 2 aromatic carbocycles. The number of hydrogen-bond donors (Lipinski definition) is 1. The number of nitrogens with one attached hydrogen (secondary N) is 1. The summed E-state index contributed by atoms with van der Waals surface area (Å²) in [5, 5.41) is 8.20. The number of aromatic nitrogens is 2. The van der Waals surface area contributed by atoms with Crippen molar-refractivity contribution in [2.24, 2.45) is 0 Å². The molecule has 0 amide bonds. The summed E-state index contributed by atoms with van der Waals surface area (Å²) in [6.45, 7) is 9.78. The maximum atomic E-state index is 13.4. The lowest BCUT2D eigenvalue weighted by atomic mass is 9.79. The zero-order valence-corrected chi connectivity index (χ0v) is 23.9. The van der Waals surface area contributed by atoms with Crippen molar-refractivity contribution in [3.05, 3.63) is 88.9 Å². The van der Waals surface area contributed by atoms with Gasteiger partial charge in [0, 0.05) is 33.6 Å². The second kappa shape index (κ2) is 12.8. The van der Waals surface area contributed by atoms with Gasteiger partial charge in [-0.15, -0.1) is 11.8 Å². The minimum absolute atomic E-state index is 0.215. The highest BCUT2D eigenvalue weighted by molar-refractivity contribution is 7.99. The lowest BCUT2D eigenvalue weighted by molar-refractivity contribution is -0.139. The fourth-order valence-corrected chi connectivity index (χ4v) is 5.50. The summed E-state index contributed by atoms with van der Waals surface area (Å²) in [6.07, 6.45) is 3.00. The highest BCUT2D eigenvalue weighted by Gasteiger charge is 2.40. The van der Waals surface area contributed by atoms with Crippen LogP contribution in [0.2, 0.25) is 0 Å². The van der Waals surface area contributed by atoms with Crippen LogP contribution >= 0.6 is 11.8 Å². The van der Waals surface area contributed by atoms with Gasteiger partial charge in [-0.05, 0) is 64.1 Å². The van der Waals surface area contributed by atoms with Crippen molar-refractivity contribution in [2.75, 3.05) is 19.0 Å². The van der Waals surface area contributed by atoms with Crippen LogP contribution in [0, 0.1) is 0 Å². The number of nitrogens with zero attached hydrogens (tertiary/aromatic N) is 2. The molecule has 3 aromatic rings. The summed E-state index contributed by atoms with van der Waals surface area (Å²) in [6, 6.07) is 18.0. The van der Waals surface area contributed by atoms with Crippen LogP contribution in [0.1, 0.15) is 52.5 Å². The Morgan fingerprint density at radius 1 is 0.897 bits per heavy atom. The molecule has 0 radical (unpaired) electrons. The molecule has 8 heteroatoms. The van der Waals surface area contributed by atoms with Gasteiger partial charge < -0.3 is 14.8 Å². The predicted molar refractivity (Wildman–Crippen MR) is 155 cm³/mol. The first-order valence-corrected chi connectivity index (χ1v) is 14.3. The molecule has 1 aliphatic rings. The van der Waals surface area contributed by atoms with E-state index in [4.69, 9.17) is 14.6 Å². The van der Waals surface area contributed by atoms with Crippen LogP contribution in [-0.2, 0) is 19.1 Å². The molecular weight excluding hydrogens is 510 g/mol. The molecule has 0 saturated heterocycles. The van der Waals surface area contributed by atoms with Crippen LogP contribution in [0.5, 0.6) is 0 Å². The number of thioether (sulfide) groups is 1. The summed E-state index contributed by atoms with van der Waals surface area (Å²) < 4.78 is 12.7. The molecule has 2 heterocycles. The summed E-state index contributed by atoms with van der Waals surface area (Å²) in [4.78, 5) is 27.9. The third-order valence-corrected chi connectivity index (χ3v) is 7.64. The smallest absolute Gasteiger partial charge is 0.336 e. The van der Waals surface area contributed by atoms with E-state index in [1.807, 2.05) is 74.3 Å². The second-order valence-electron chi connectivity index (χ2n) is 9.16. The number of rotatable bonds is 10. The number of allylic oxidation sites excluding steroid dienone is 2. The molecular formula is C31H35N3O4S. The van der Waals surface area contributed by atoms with Gasteiger partial charge in [0.1, 0.15) is 0 Å². The van der Waals surface area contributed by atoms with Gasteiger partial charge in [0.05, 0.1) is 41.7 Å². The van der Waals surface area contributed by atoms with E-state index in [9.17, 15) is 9.59 Å². The molecule has 0 saturated carbocycles. The van der Waals surface area contributed by atoms with Gasteiger partial charge in [0.2, 0.25) is 0 Å². The topological polar surface area (TPSA) is 82.5 Å². The predicted octanol–water partition coefficient (Wildman–Crippen LogP) is 6.40. The Balaban J connectivity index is 1.95. The van der Waals surface area contributed by atoms with E-state index < -0.39 is 17.9 Å². The highest BCUT2D eigenvalue weighted by atomic mass is 32.2. The van der Waals surface area contributed by atoms with E-state index in [1.54, 1.807) is 18.5 Å². The fraction of sp³-hybridized carbons (Fsp3) is 0.323. The third kappa shape index (κ3) is 6.11. The van der Waals surface area contributed by atoms with Gasteiger partial charge in [-0.1, -0.05) is 37.3 Å². The second-order valence-corrected chi connectivity index (χ2v) is 10.3. The van der Waals surface area contributed by atoms with Crippen LogP contribution in [0.3, 0.4) is 0 Å². The average Bonchev–Trinajstić information content (AvgIpc) is 3.37. The van der Waals surface area contributed by atoms with Crippen molar-refractivity contribution in [2.45, 2.75) is 51.9 Å². The minimum atomic E-state index is -0.731. The standard InChI is InChI=1S/C31H35N3O4S/c1-6-18-39-24-16-14-22(15-17-24)29-25(19-34(33-29)23-12-10-9-11-13-23)28-26(30(35)37-7-2)20(4)32-21(5)27(28)31(36)38-8-3/h9-17,19,28,32H,6-8,18H2,1-5H3. The molecule has 1 aliphatic heterocycles. The van der Waals surface area contributed by atoms with Crippen molar-refractivity contribution in [3.63, 3.8) is 0 Å². The number of dihydropyridines is 1. The lowest BCUT2D eigenvalue weighted by Gasteiger charge is -2.30. The van der Waals surface area contributed by atoms with Gasteiger partial charge >= 0.3 is 11.9 Å². The number of hydrogen-bond acceptors (Lipinski definition) is 7. The molecule has 0 spiro atoms. The highest BCUT2D eigenvalue weighted by Crippen LogP contribution is 2.43. The van der Waals surface area contributed by atoms with E-state index in [0.29, 0.717) is 28.2 Å². The molecule has 4 rings (SSSR count). The first-order chi connectivity index (χ1) is 18.9. The molecule has 0 unspecified atom stereocenters. The van der Waals surface area contributed by atoms with Crippen molar-refractivity contribution in [1.29, 1.82) is 0 Å². The Bertz CT molecular complexity index is 1350. The van der Waals surface area contributed by atoms with E-state index >= 15 is 0 Å². The van der Waals surface area contributed by atoms with Gasteiger partial charge in [0.25, 0.3) is 0 Å². The van der Waals surface area contributed by atoms with Crippen LogP contribution in [-0.4, -0.2) is 40.7 Å². The van der Waals surface area contributed by atoms with E-state index in [-0.39, 0.29) is 13.2 Å². The molecule has 0 bridgehead atoms. The molecule has 204 valence electrons. The number of esters is 2. The summed E-state index contributed by atoms with van der Waals surface area (Å²) in [5.41, 5.74) is 5.17. The van der Waals surface area contributed by atoms with Crippen molar-refractivity contribution in [1.82, 2.24) is 15.1 Å². The van der Waals surface area contributed by atoms with Crippen LogP contribution in [0.15, 0.2) is 88.2 Å². The normalized spacial score (nSPS) is 13.9. The van der Waals surface area contributed by atoms with Crippen LogP contribution < -0.4 is 5.32 Å². The maximum absolute atomic E-state index is 13.4. The van der Waals surface area contributed by atoms with Crippen LogP contribution in [0.25, 0.3) is 16.9 Å². The first-order valence-electron chi connectivity index (χ1n) is 13.3. The summed E-state index contributed by atoms with van der Waals surface area (Å²) in [5.74, 6) is -0.647. The van der Waals surface area contributed by atoms with Crippen molar-refractivity contribution >= 4 is 23.7 Å². The number of benzene rings is 2. The Morgan fingerprint density at radius 2 is 1.49 bits per heavy atom. The minimum Gasteiger partial charge on any atom is -0.463 e. The molecule has 1 aromatic heterocycles. The quantitative estimate of drug-likeness (QED) is 0.233. The number of carbonyl (C=O) groups is 2. The third-order valence-electron chi connectivity index (χ3n) is 6.43. The zero-order chi connectivity index (χ0) is 27.9. The Kier molecular flexibility index (Phi) is 9.30. The van der Waals surface area contributed by atoms with Crippen molar-refractivity contribution < 1.29 is 19.1 Å². The largest absolute Gasteiger partial charge is 0.463 e. The molecule has 0 fully saturated rings. The summed E-state index contributed by atoms with van der Waals surface area (Å²) in [7, 11) is 0. The monoisotopic (exact) mass is 545 g/mol. The number of para-hydroxylation sites is 1. The Morgan fingerprint density at radius 3 is 2.03 bits per heavy atom. The van der Waals surface area contributed by atoms with E-state index in [0.717, 1.165) is 29.0 Å². The van der Waals surface area contributed by atoms with E-state index in [2.05, 4.69) is 24.4 Å². The Hall–Kier alpha value is -3.78. The summed E-state index contributed by atoms with van der Waals surface area (Å²) >= 11 is 1.81. The fourth-order valence-electron chi connectivity index (χ4n) is 4.73. The lowest BCUT2D eigenvalue weighted by Crippen LogP contribution is -2.32. The molecule has 0 atom stereocenters. The molecule has 7 nitrogen and oxygen atoms in total. The maximum Gasteiger partial charge on any atom is 0.336 e. The van der Waals surface area contributed by atoms with Crippen molar-refractivity contribution in [3.8, 4) is 16.9 Å². The number of ether oxygens (including phenoxy) is 2. The number of carbonyl (C=O) groups excluding carboxylic acids is 2. The molecule has 0 aliphatic carbocycles. The van der Waals surface area contributed by atoms with E-state index in [1.165, 1.54) is 4.90 Å². The van der Waals surface area contributed by atoms with Gasteiger partial charge in [-0.25, -0.2) is 14.3 Å². The first kappa shape index (κ1) is 28.2. The van der Waals surface area contributed by atoms with Gasteiger partial charge in [-0.2, -0.15) is 5.10 Å². The van der Waals surface area contributed by atoms with Crippen LogP contribution in [0.4, 0.5) is 0 Å². The van der Waals surface area contributed by atoms with Gasteiger partial charge in [0.15, 0.2) is 0 Å².